The topological polar surface area (TPSA) is 48.9 Å². The molecule has 1 saturated carbocycles. The summed E-state index contributed by atoms with van der Waals surface area (Å²) in [5, 5.41) is 7.08. The van der Waals surface area contributed by atoms with Gasteiger partial charge in [-0.1, -0.05) is 43.2 Å². The second-order valence-electron chi connectivity index (χ2n) is 8.30. The lowest BCUT2D eigenvalue weighted by molar-refractivity contribution is 0.0573. The minimum atomic E-state index is 0. The van der Waals surface area contributed by atoms with Crippen molar-refractivity contribution in [3.8, 4) is 0 Å². The standard InChI is InChI=1S/C23H38N4O.HI/c1-19-17-21(13-15-27(19)18-20-9-4-3-5-10-20)26-23(24-2)25-14-8-16-28-22-11-6-7-12-22;/h3-5,9-10,19,21-22H,6-8,11-18H2,1-2H3,(H2,24,25,26);1H. The van der Waals surface area contributed by atoms with Crippen molar-refractivity contribution in [2.75, 3.05) is 26.7 Å². The van der Waals surface area contributed by atoms with Gasteiger partial charge in [0.1, 0.15) is 0 Å². The SMILES string of the molecule is CN=C(NCCCOC1CCCC1)NC1CCN(Cc2ccccc2)C(C)C1.I. The van der Waals surface area contributed by atoms with Crippen LogP contribution in [0.5, 0.6) is 0 Å². The lowest BCUT2D eigenvalue weighted by Crippen LogP contribution is -2.51. The quantitative estimate of drug-likeness (QED) is 0.237. The Kier molecular flexibility index (Phi) is 11.3. The summed E-state index contributed by atoms with van der Waals surface area (Å²) in [6.07, 6.45) is 9.02. The van der Waals surface area contributed by atoms with E-state index in [2.05, 4.69) is 57.8 Å². The molecule has 1 aromatic carbocycles. The Labute approximate surface area is 194 Å². The number of hydrogen-bond acceptors (Lipinski definition) is 3. The Hall–Kier alpha value is -0.860. The molecule has 6 heteroatoms. The molecule has 0 bridgehead atoms. The molecule has 0 spiro atoms. The summed E-state index contributed by atoms with van der Waals surface area (Å²) in [6.45, 7) is 6.27. The number of halogens is 1. The van der Waals surface area contributed by atoms with Gasteiger partial charge in [0.05, 0.1) is 6.10 Å². The maximum absolute atomic E-state index is 5.94. The van der Waals surface area contributed by atoms with Gasteiger partial charge in [-0.15, -0.1) is 24.0 Å². The number of nitrogens with one attached hydrogen (secondary N) is 2. The van der Waals surface area contributed by atoms with E-state index in [4.69, 9.17) is 4.74 Å². The van der Waals surface area contributed by atoms with E-state index >= 15 is 0 Å². The summed E-state index contributed by atoms with van der Waals surface area (Å²) in [5.41, 5.74) is 1.40. The van der Waals surface area contributed by atoms with Crippen LogP contribution in [-0.2, 0) is 11.3 Å². The van der Waals surface area contributed by atoms with Crippen LogP contribution in [0.3, 0.4) is 0 Å². The fraction of sp³-hybridized carbons (Fsp3) is 0.696. The molecule has 0 aromatic heterocycles. The van der Waals surface area contributed by atoms with Crippen LogP contribution in [-0.4, -0.2) is 55.8 Å². The van der Waals surface area contributed by atoms with Crippen LogP contribution in [0.1, 0.15) is 57.4 Å². The van der Waals surface area contributed by atoms with E-state index in [1.807, 2.05) is 7.05 Å². The molecular formula is C23H39IN4O. The van der Waals surface area contributed by atoms with Gasteiger partial charge in [0, 0.05) is 45.4 Å². The molecule has 2 fully saturated rings. The Bertz CT molecular complexity index is 592. The lowest BCUT2D eigenvalue weighted by atomic mass is 9.97. The zero-order valence-electron chi connectivity index (χ0n) is 18.1. The van der Waals surface area contributed by atoms with Crippen LogP contribution in [0.25, 0.3) is 0 Å². The number of nitrogens with zero attached hydrogens (tertiary/aromatic N) is 2. The van der Waals surface area contributed by atoms with E-state index in [0.29, 0.717) is 18.2 Å². The van der Waals surface area contributed by atoms with E-state index < -0.39 is 0 Å². The third-order valence-electron chi connectivity index (χ3n) is 6.08. The Morgan fingerprint density at radius 1 is 1.17 bits per heavy atom. The summed E-state index contributed by atoms with van der Waals surface area (Å²) >= 11 is 0. The lowest BCUT2D eigenvalue weighted by Gasteiger charge is -2.38. The predicted molar refractivity (Wildman–Crippen MR) is 132 cm³/mol. The average molecular weight is 514 g/mol. The summed E-state index contributed by atoms with van der Waals surface area (Å²) in [5.74, 6) is 0.926. The Morgan fingerprint density at radius 2 is 1.93 bits per heavy atom. The second kappa shape index (κ2) is 13.4. The zero-order chi connectivity index (χ0) is 19.6. The minimum Gasteiger partial charge on any atom is -0.378 e. The van der Waals surface area contributed by atoms with Gasteiger partial charge in [-0.25, -0.2) is 0 Å². The zero-order valence-corrected chi connectivity index (χ0v) is 20.4. The van der Waals surface area contributed by atoms with Crippen molar-refractivity contribution < 1.29 is 4.74 Å². The van der Waals surface area contributed by atoms with Gasteiger partial charge in [-0.2, -0.15) is 0 Å². The molecule has 5 nitrogen and oxygen atoms in total. The van der Waals surface area contributed by atoms with Gasteiger partial charge in [0.2, 0.25) is 0 Å². The van der Waals surface area contributed by atoms with Crippen LogP contribution < -0.4 is 10.6 Å². The highest BCUT2D eigenvalue weighted by Gasteiger charge is 2.25. The molecule has 1 saturated heterocycles. The molecular weight excluding hydrogens is 475 g/mol. The van der Waals surface area contributed by atoms with Crippen molar-refractivity contribution in [2.45, 2.75) is 76.6 Å². The van der Waals surface area contributed by atoms with Crippen molar-refractivity contribution in [1.82, 2.24) is 15.5 Å². The van der Waals surface area contributed by atoms with Crippen LogP contribution in [0, 0.1) is 0 Å². The van der Waals surface area contributed by atoms with Crippen molar-refractivity contribution in [3.63, 3.8) is 0 Å². The van der Waals surface area contributed by atoms with Crippen LogP contribution in [0.4, 0.5) is 0 Å². The number of aliphatic imine (C=N–C) groups is 1. The van der Waals surface area contributed by atoms with Crippen molar-refractivity contribution >= 4 is 29.9 Å². The first-order valence-corrected chi connectivity index (χ1v) is 11.1. The number of guanidine groups is 1. The highest BCUT2D eigenvalue weighted by Crippen LogP contribution is 2.21. The maximum Gasteiger partial charge on any atom is 0.191 e. The van der Waals surface area contributed by atoms with Crippen LogP contribution >= 0.6 is 24.0 Å². The van der Waals surface area contributed by atoms with Gasteiger partial charge in [-0.05, 0) is 44.6 Å². The van der Waals surface area contributed by atoms with Crippen molar-refractivity contribution in [1.29, 1.82) is 0 Å². The van der Waals surface area contributed by atoms with Crippen LogP contribution in [0.15, 0.2) is 35.3 Å². The van der Waals surface area contributed by atoms with Crippen molar-refractivity contribution in [2.24, 2.45) is 4.99 Å². The number of rotatable bonds is 8. The predicted octanol–water partition coefficient (Wildman–Crippen LogP) is 4.17. The summed E-state index contributed by atoms with van der Waals surface area (Å²) in [7, 11) is 1.86. The second-order valence-corrected chi connectivity index (χ2v) is 8.30. The Morgan fingerprint density at radius 3 is 2.62 bits per heavy atom. The molecule has 1 aliphatic heterocycles. The first-order valence-electron chi connectivity index (χ1n) is 11.1. The third kappa shape index (κ3) is 8.42. The molecule has 2 atom stereocenters. The minimum absolute atomic E-state index is 0. The van der Waals surface area contributed by atoms with E-state index in [1.165, 1.54) is 31.2 Å². The summed E-state index contributed by atoms with van der Waals surface area (Å²) in [6, 6.07) is 11.8. The molecule has 1 heterocycles. The largest absolute Gasteiger partial charge is 0.378 e. The van der Waals surface area contributed by atoms with Gasteiger partial charge in [0.25, 0.3) is 0 Å². The smallest absolute Gasteiger partial charge is 0.191 e. The molecule has 164 valence electrons. The first-order chi connectivity index (χ1) is 13.7. The van der Waals surface area contributed by atoms with Gasteiger partial charge in [0.15, 0.2) is 5.96 Å². The molecule has 0 radical (unpaired) electrons. The maximum atomic E-state index is 5.94. The van der Waals surface area contributed by atoms with Gasteiger partial charge < -0.3 is 15.4 Å². The highest BCUT2D eigenvalue weighted by molar-refractivity contribution is 14.0. The number of benzene rings is 1. The molecule has 2 N–H and O–H groups in total. The van der Waals surface area contributed by atoms with E-state index in [0.717, 1.165) is 51.5 Å². The molecule has 1 aromatic rings. The van der Waals surface area contributed by atoms with E-state index in [9.17, 15) is 0 Å². The number of piperidine rings is 1. The molecule has 2 unspecified atom stereocenters. The fourth-order valence-electron chi connectivity index (χ4n) is 4.38. The van der Waals surface area contributed by atoms with Crippen molar-refractivity contribution in [3.05, 3.63) is 35.9 Å². The highest BCUT2D eigenvalue weighted by atomic mass is 127. The molecule has 2 aliphatic rings. The third-order valence-corrected chi connectivity index (χ3v) is 6.08. The van der Waals surface area contributed by atoms with E-state index in [1.54, 1.807) is 0 Å². The Balaban J connectivity index is 0.00000300. The monoisotopic (exact) mass is 514 g/mol. The molecule has 29 heavy (non-hydrogen) atoms. The van der Waals surface area contributed by atoms with Gasteiger partial charge in [-0.3, -0.25) is 9.89 Å². The number of ether oxygens (including phenoxy) is 1. The fourth-order valence-corrected chi connectivity index (χ4v) is 4.38. The van der Waals surface area contributed by atoms with E-state index in [-0.39, 0.29) is 24.0 Å². The first kappa shape index (κ1) is 24.4. The molecule has 3 rings (SSSR count). The van der Waals surface area contributed by atoms with Crippen LogP contribution in [0.2, 0.25) is 0 Å². The summed E-state index contributed by atoms with van der Waals surface area (Å²) < 4.78 is 5.94. The van der Waals surface area contributed by atoms with Gasteiger partial charge >= 0.3 is 0 Å². The number of hydrogen-bond donors (Lipinski definition) is 2. The summed E-state index contributed by atoms with van der Waals surface area (Å²) in [4.78, 5) is 7.00. The average Bonchev–Trinajstić information content (AvgIpc) is 3.23. The number of likely N-dealkylation sites (tertiary alicyclic amines) is 1. The molecule has 0 amide bonds. The molecule has 1 aliphatic carbocycles. The normalized spacial score (nSPS) is 23.6.